The summed E-state index contributed by atoms with van der Waals surface area (Å²) in [6.45, 7) is 1.66. The molecule has 1 aliphatic heterocycles. The summed E-state index contributed by atoms with van der Waals surface area (Å²) >= 11 is 0. The second-order valence-electron chi connectivity index (χ2n) is 4.57. The van der Waals surface area contributed by atoms with Crippen LogP contribution in [0.3, 0.4) is 0 Å². The van der Waals surface area contributed by atoms with Crippen molar-refractivity contribution in [2.24, 2.45) is 0 Å². The van der Waals surface area contributed by atoms with E-state index in [9.17, 15) is 4.79 Å². The molecule has 1 amide bonds. The van der Waals surface area contributed by atoms with Gasteiger partial charge in [0.05, 0.1) is 5.41 Å². The highest BCUT2D eigenvalue weighted by Crippen LogP contribution is 2.32. The van der Waals surface area contributed by atoms with Crippen LogP contribution in [0, 0.1) is 0 Å². The van der Waals surface area contributed by atoms with Gasteiger partial charge in [-0.1, -0.05) is 30.3 Å². The summed E-state index contributed by atoms with van der Waals surface area (Å²) in [6, 6.07) is 10.1. The fourth-order valence-electron chi connectivity index (χ4n) is 2.43. The highest BCUT2D eigenvalue weighted by molar-refractivity contribution is 5.88. The predicted octanol–water partition coefficient (Wildman–Crippen LogP) is 1.01. The van der Waals surface area contributed by atoms with E-state index in [1.807, 2.05) is 32.3 Å². The third-order valence-electron chi connectivity index (χ3n) is 3.30. The largest absolute Gasteiger partial charge is 0.348 e. The molecule has 0 radical (unpaired) electrons. The number of benzene rings is 1. The van der Waals surface area contributed by atoms with Crippen LogP contribution >= 0.6 is 0 Å². The lowest BCUT2D eigenvalue weighted by Gasteiger charge is -2.30. The van der Waals surface area contributed by atoms with Gasteiger partial charge in [0, 0.05) is 20.6 Å². The van der Waals surface area contributed by atoms with Crippen molar-refractivity contribution in [3.63, 3.8) is 0 Å². The second kappa shape index (κ2) is 4.26. The van der Waals surface area contributed by atoms with Gasteiger partial charge < -0.3 is 10.2 Å². The lowest BCUT2D eigenvalue weighted by Crippen LogP contribution is -2.45. The van der Waals surface area contributed by atoms with E-state index in [1.54, 1.807) is 4.90 Å². The van der Waals surface area contributed by atoms with Gasteiger partial charge in [-0.15, -0.1) is 0 Å². The highest BCUT2D eigenvalue weighted by Gasteiger charge is 2.43. The number of carbonyl (C=O) groups is 1. The Morgan fingerprint density at radius 3 is 2.50 bits per heavy atom. The van der Waals surface area contributed by atoms with Crippen molar-refractivity contribution in [1.82, 2.24) is 10.2 Å². The SMILES string of the molecule is CN(C)C(=O)C1(c2ccccc2)CCNC1. The van der Waals surface area contributed by atoms with Gasteiger partial charge in [0.25, 0.3) is 0 Å². The molecule has 0 bridgehead atoms. The molecule has 1 unspecified atom stereocenters. The van der Waals surface area contributed by atoms with Gasteiger partial charge in [0.15, 0.2) is 0 Å². The van der Waals surface area contributed by atoms with Crippen LogP contribution in [-0.2, 0) is 10.2 Å². The van der Waals surface area contributed by atoms with E-state index < -0.39 is 0 Å². The van der Waals surface area contributed by atoms with E-state index in [2.05, 4.69) is 17.4 Å². The van der Waals surface area contributed by atoms with E-state index in [4.69, 9.17) is 0 Å². The summed E-state index contributed by atoms with van der Waals surface area (Å²) in [7, 11) is 3.65. The zero-order valence-electron chi connectivity index (χ0n) is 9.86. The maximum atomic E-state index is 12.4. The maximum absolute atomic E-state index is 12.4. The van der Waals surface area contributed by atoms with Crippen LogP contribution in [0.25, 0.3) is 0 Å². The Labute approximate surface area is 96.5 Å². The van der Waals surface area contributed by atoms with Crippen LogP contribution in [0.5, 0.6) is 0 Å². The molecule has 3 nitrogen and oxygen atoms in total. The molecule has 16 heavy (non-hydrogen) atoms. The van der Waals surface area contributed by atoms with Crippen LogP contribution in [0.2, 0.25) is 0 Å². The fraction of sp³-hybridized carbons (Fsp3) is 0.462. The Morgan fingerprint density at radius 2 is 2.00 bits per heavy atom. The molecule has 1 heterocycles. The third-order valence-corrected chi connectivity index (χ3v) is 3.30. The normalized spacial score (nSPS) is 24.4. The van der Waals surface area contributed by atoms with Crippen molar-refractivity contribution in [1.29, 1.82) is 0 Å². The van der Waals surface area contributed by atoms with Crippen molar-refractivity contribution >= 4 is 5.91 Å². The molecule has 1 N–H and O–H groups in total. The molecule has 1 aromatic rings. The predicted molar refractivity (Wildman–Crippen MR) is 64.3 cm³/mol. The molecular weight excluding hydrogens is 200 g/mol. The molecule has 0 spiro atoms. The zero-order valence-corrected chi connectivity index (χ0v) is 9.86. The van der Waals surface area contributed by atoms with Crippen molar-refractivity contribution < 1.29 is 4.79 Å². The summed E-state index contributed by atoms with van der Waals surface area (Å²) in [6.07, 6.45) is 0.883. The van der Waals surface area contributed by atoms with Gasteiger partial charge in [0.2, 0.25) is 5.91 Å². The van der Waals surface area contributed by atoms with E-state index >= 15 is 0 Å². The van der Waals surface area contributed by atoms with Crippen LogP contribution in [0.1, 0.15) is 12.0 Å². The molecule has 1 atom stereocenters. The maximum Gasteiger partial charge on any atom is 0.234 e. The first-order chi connectivity index (χ1) is 7.67. The average molecular weight is 218 g/mol. The molecule has 2 rings (SSSR count). The van der Waals surface area contributed by atoms with Gasteiger partial charge in [0.1, 0.15) is 0 Å². The van der Waals surface area contributed by atoms with Crippen LogP contribution in [0.15, 0.2) is 30.3 Å². The Hall–Kier alpha value is -1.35. The monoisotopic (exact) mass is 218 g/mol. The van der Waals surface area contributed by atoms with Gasteiger partial charge >= 0.3 is 0 Å². The number of hydrogen-bond donors (Lipinski definition) is 1. The smallest absolute Gasteiger partial charge is 0.234 e. The molecule has 1 aliphatic rings. The highest BCUT2D eigenvalue weighted by atomic mass is 16.2. The fourth-order valence-corrected chi connectivity index (χ4v) is 2.43. The number of amides is 1. The topological polar surface area (TPSA) is 32.3 Å². The number of nitrogens with zero attached hydrogens (tertiary/aromatic N) is 1. The Kier molecular flexibility index (Phi) is 2.97. The van der Waals surface area contributed by atoms with E-state index in [-0.39, 0.29) is 11.3 Å². The van der Waals surface area contributed by atoms with Crippen LogP contribution in [0.4, 0.5) is 0 Å². The minimum Gasteiger partial charge on any atom is -0.348 e. The number of carbonyl (C=O) groups excluding carboxylic acids is 1. The Balaban J connectivity index is 2.40. The first kappa shape index (κ1) is 11.1. The molecule has 0 saturated carbocycles. The first-order valence-electron chi connectivity index (χ1n) is 5.65. The minimum atomic E-state index is -0.356. The lowest BCUT2D eigenvalue weighted by molar-refractivity contribution is -0.134. The van der Waals surface area contributed by atoms with E-state index in [1.165, 1.54) is 0 Å². The van der Waals surface area contributed by atoms with Crippen molar-refractivity contribution in [3.8, 4) is 0 Å². The number of nitrogens with one attached hydrogen (secondary N) is 1. The molecule has 0 aromatic heterocycles. The van der Waals surface area contributed by atoms with Gasteiger partial charge in [-0.3, -0.25) is 4.79 Å². The number of likely N-dealkylation sites (N-methyl/N-ethyl adjacent to an activating group) is 1. The van der Waals surface area contributed by atoms with E-state index in [0.717, 1.165) is 25.1 Å². The molecular formula is C13H18N2O. The summed E-state index contributed by atoms with van der Waals surface area (Å²) < 4.78 is 0. The summed E-state index contributed by atoms with van der Waals surface area (Å²) in [4.78, 5) is 14.0. The zero-order chi connectivity index (χ0) is 11.6. The molecule has 3 heteroatoms. The quantitative estimate of drug-likeness (QED) is 0.803. The number of hydrogen-bond acceptors (Lipinski definition) is 2. The summed E-state index contributed by atoms with van der Waals surface area (Å²) in [5.74, 6) is 0.198. The summed E-state index contributed by atoms with van der Waals surface area (Å²) in [5, 5.41) is 3.30. The van der Waals surface area contributed by atoms with Crippen LogP contribution < -0.4 is 5.32 Å². The molecule has 1 fully saturated rings. The first-order valence-corrected chi connectivity index (χ1v) is 5.65. The summed E-state index contributed by atoms with van der Waals surface area (Å²) in [5.41, 5.74) is 0.767. The van der Waals surface area contributed by atoms with Crippen LogP contribution in [-0.4, -0.2) is 38.0 Å². The molecule has 1 aromatic carbocycles. The second-order valence-corrected chi connectivity index (χ2v) is 4.57. The molecule has 86 valence electrons. The average Bonchev–Trinajstić information content (AvgIpc) is 2.79. The number of rotatable bonds is 2. The van der Waals surface area contributed by atoms with Gasteiger partial charge in [-0.25, -0.2) is 0 Å². The van der Waals surface area contributed by atoms with Gasteiger partial charge in [-0.05, 0) is 18.5 Å². The lowest BCUT2D eigenvalue weighted by atomic mass is 9.78. The Bertz CT molecular complexity index is 367. The van der Waals surface area contributed by atoms with Crippen molar-refractivity contribution in [2.75, 3.05) is 27.2 Å². The molecule has 0 aliphatic carbocycles. The molecule has 1 saturated heterocycles. The third kappa shape index (κ3) is 1.71. The van der Waals surface area contributed by atoms with Gasteiger partial charge in [-0.2, -0.15) is 0 Å². The van der Waals surface area contributed by atoms with Crippen molar-refractivity contribution in [3.05, 3.63) is 35.9 Å². The Morgan fingerprint density at radius 1 is 1.31 bits per heavy atom. The minimum absolute atomic E-state index is 0.198. The standard InChI is InChI=1S/C13H18N2O/c1-15(2)12(16)13(8-9-14-10-13)11-6-4-3-5-7-11/h3-7,14H,8-10H2,1-2H3. The van der Waals surface area contributed by atoms with Crippen molar-refractivity contribution in [2.45, 2.75) is 11.8 Å². The van der Waals surface area contributed by atoms with E-state index in [0.29, 0.717) is 0 Å².